The lowest BCUT2D eigenvalue weighted by atomic mass is 9.95. The van der Waals surface area contributed by atoms with Crippen LogP contribution in [0.4, 0.5) is 0 Å². The van der Waals surface area contributed by atoms with Gasteiger partial charge in [-0.1, -0.05) is 0 Å². The topological polar surface area (TPSA) is 105 Å². The molecule has 0 unspecified atom stereocenters. The second kappa shape index (κ2) is 8.95. The molecule has 2 saturated heterocycles. The molecular formula is C18H29N7O3. The number of hydrogen-bond acceptors (Lipinski definition) is 7. The van der Waals surface area contributed by atoms with Crippen molar-refractivity contribution in [1.82, 2.24) is 35.3 Å². The molecule has 3 fully saturated rings. The zero-order valence-corrected chi connectivity index (χ0v) is 16.2. The van der Waals surface area contributed by atoms with Crippen LogP contribution in [-0.2, 0) is 20.9 Å². The first-order chi connectivity index (χ1) is 13.7. The smallest absolute Gasteiger partial charge is 0.248 e. The zero-order chi connectivity index (χ0) is 19.3. The number of aromatic nitrogens is 4. The van der Waals surface area contributed by atoms with Crippen LogP contribution in [0.2, 0.25) is 0 Å². The van der Waals surface area contributed by atoms with Crippen molar-refractivity contribution < 1.29 is 14.3 Å². The monoisotopic (exact) mass is 391 g/mol. The van der Waals surface area contributed by atoms with Crippen LogP contribution in [0.3, 0.4) is 0 Å². The molecule has 1 aliphatic carbocycles. The van der Waals surface area contributed by atoms with Gasteiger partial charge in [0.15, 0.2) is 6.33 Å². The number of nitrogens with one attached hydrogen (secondary N) is 1. The lowest BCUT2D eigenvalue weighted by Crippen LogP contribution is -2.52. The van der Waals surface area contributed by atoms with Crippen LogP contribution in [0.15, 0.2) is 6.33 Å². The molecule has 154 valence electrons. The lowest BCUT2D eigenvalue weighted by molar-refractivity contribution is -0.150. The summed E-state index contributed by atoms with van der Waals surface area (Å²) in [6, 6.07) is 0. The van der Waals surface area contributed by atoms with Crippen LogP contribution in [0, 0.1) is 11.8 Å². The van der Waals surface area contributed by atoms with Crippen LogP contribution >= 0.6 is 0 Å². The number of hydrogen-bond donors (Lipinski definition) is 1. The minimum Gasteiger partial charge on any atom is -0.365 e. The van der Waals surface area contributed by atoms with Crippen LogP contribution in [0.5, 0.6) is 0 Å². The standard InChI is InChI=1S/C18H29N7O3/c26-17(11-25-21-13-20-22-25)19-7-16-10-24(18(27)12-28-16)9-15-3-5-23(6-4-15)8-14-1-2-14/h13-16H,1-12H2,(H,19,26)/t16-/m0/s1. The quantitative estimate of drug-likeness (QED) is 0.615. The summed E-state index contributed by atoms with van der Waals surface area (Å²) in [6.07, 6.45) is 6.22. The third kappa shape index (κ3) is 5.48. The Morgan fingerprint density at radius 3 is 2.68 bits per heavy atom. The largest absolute Gasteiger partial charge is 0.365 e. The van der Waals surface area contributed by atoms with E-state index in [-0.39, 0.29) is 31.1 Å². The van der Waals surface area contributed by atoms with Gasteiger partial charge in [-0.05, 0) is 55.8 Å². The minimum atomic E-state index is -0.201. The van der Waals surface area contributed by atoms with E-state index in [1.54, 1.807) is 0 Å². The normalized spacial score (nSPS) is 24.5. The molecule has 1 atom stereocenters. The predicted molar refractivity (Wildman–Crippen MR) is 99.0 cm³/mol. The summed E-state index contributed by atoms with van der Waals surface area (Å²) in [5, 5.41) is 13.9. The average Bonchev–Trinajstić information content (AvgIpc) is 3.36. The molecular weight excluding hydrogens is 362 g/mol. The number of carbonyl (C=O) groups excluding carboxylic acids is 2. The predicted octanol–water partition coefficient (Wildman–Crippen LogP) is -0.861. The molecule has 10 heteroatoms. The molecule has 1 aromatic rings. The van der Waals surface area contributed by atoms with E-state index in [1.807, 2.05) is 4.90 Å². The Morgan fingerprint density at radius 2 is 1.96 bits per heavy atom. The van der Waals surface area contributed by atoms with Gasteiger partial charge < -0.3 is 19.9 Å². The van der Waals surface area contributed by atoms with Gasteiger partial charge in [0, 0.05) is 26.2 Å². The Bertz CT molecular complexity index is 656. The van der Waals surface area contributed by atoms with Gasteiger partial charge in [0.25, 0.3) is 0 Å². The summed E-state index contributed by atoms with van der Waals surface area (Å²) in [4.78, 5) is 29.9. The fourth-order valence-electron chi connectivity index (χ4n) is 3.98. The molecule has 10 nitrogen and oxygen atoms in total. The maximum atomic E-state index is 12.3. The van der Waals surface area contributed by atoms with Gasteiger partial charge >= 0.3 is 0 Å². The Hall–Kier alpha value is -2.07. The molecule has 4 rings (SSSR count). The number of rotatable bonds is 8. The molecule has 0 radical (unpaired) electrons. The van der Waals surface area contributed by atoms with Crippen molar-refractivity contribution in [2.45, 2.75) is 38.3 Å². The van der Waals surface area contributed by atoms with E-state index in [0.717, 1.165) is 38.4 Å². The van der Waals surface area contributed by atoms with Crippen molar-refractivity contribution in [1.29, 1.82) is 0 Å². The second-order valence-corrected chi connectivity index (χ2v) is 8.19. The molecule has 2 aliphatic heterocycles. The van der Waals surface area contributed by atoms with E-state index >= 15 is 0 Å². The molecule has 1 aromatic heterocycles. The molecule has 3 heterocycles. The van der Waals surface area contributed by atoms with E-state index in [9.17, 15) is 9.59 Å². The number of amides is 2. The van der Waals surface area contributed by atoms with E-state index < -0.39 is 0 Å². The average molecular weight is 391 g/mol. The first-order valence-electron chi connectivity index (χ1n) is 10.2. The van der Waals surface area contributed by atoms with Gasteiger partial charge in [-0.2, -0.15) is 4.80 Å². The number of nitrogens with zero attached hydrogens (tertiary/aromatic N) is 6. The van der Waals surface area contributed by atoms with Crippen LogP contribution in [0.1, 0.15) is 25.7 Å². The zero-order valence-electron chi connectivity index (χ0n) is 16.2. The summed E-state index contributed by atoms with van der Waals surface area (Å²) >= 11 is 0. The maximum absolute atomic E-state index is 12.3. The van der Waals surface area contributed by atoms with E-state index in [1.165, 1.54) is 30.5 Å². The number of tetrazole rings is 1. The highest BCUT2D eigenvalue weighted by Gasteiger charge is 2.31. The fraction of sp³-hybridized carbons (Fsp3) is 0.833. The summed E-state index contributed by atoms with van der Waals surface area (Å²) < 4.78 is 5.60. The van der Waals surface area contributed by atoms with Crippen molar-refractivity contribution in [2.75, 3.05) is 45.9 Å². The van der Waals surface area contributed by atoms with Gasteiger partial charge in [-0.3, -0.25) is 9.59 Å². The Morgan fingerprint density at radius 1 is 1.18 bits per heavy atom. The van der Waals surface area contributed by atoms with Crippen molar-refractivity contribution in [3.05, 3.63) is 6.33 Å². The molecule has 0 spiro atoms. The molecule has 3 aliphatic rings. The third-order valence-corrected chi connectivity index (χ3v) is 5.82. The number of piperidine rings is 1. The minimum absolute atomic E-state index is 0.0226. The number of carbonyl (C=O) groups is 2. The SMILES string of the molecule is O=C(Cn1ncnn1)NC[C@H]1CN(CC2CCN(CC3CC3)CC2)C(=O)CO1. The number of ether oxygens (including phenoxy) is 1. The lowest BCUT2D eigenvalue weighted by Gasteiger charge is -2.38. The van der Waals surface area contributed by atoms with Crippen molar-refractivity contribution in [3.63, 3.8) is 0 Å². The summed E-state index contributed by atoms with van der Waals surface area (Å²) in [5.41, 5.74) is 0. The van der Waals surface area contributed by atoms with Crippen LogP contribution in [-0.4, -0.2) is 93.8 Å². The summed E-state index contributed by atoms with van der Waals surface area (Å²) in [7, 11) is 0. The molecule has 2 amide bonds. The van der Waals surface area contributed by atoms with Crippen molar-refractivity contribution >= 4 is 11.8 Å². The van der Waals surface area contributed by atoms with Gasteiger partial charge in [-0.15, -0.1) is 10.2 Å². The Balaban J connectivity index is 1.18. The highest BCUT2D eigenvalue weighted by atomic mass is 16.5. The van der Waals surface area contributed by atoms with E-state index in [0.29, 0.717) is 19.0 Å². The Kier molecular flexibility index (Phi) is 6.16. The number of morpholine rings is 1. The first kappa shape index (κ1) is 19.3. The Labute approximate surface area is 164 Å². The highest BCUT2D eigenvalue weighted by Crippen LogP contribution is 2.31. The van der Waals surface area contributed by atoms with Crippen LogP contribution < -0.4 is 5.32 Å². The van der Waals surface area contributed by atoms with Gasteiger partial charge in [0.2, 0.25) is 11.8 Å². The molecule has 0 bridgehead atoms. The second-order valence-electron chi connectivity index (χ2n) is 8.19. The van der Waals surface area contributed by atoms with Gasteiger partial charge in [0.05, 0.1) is 6.10 Å². The molecule has 0 aromatic carbocycles. The van der Waals surface area contributed by atoms with Crippen molar-refractivity contribution in [2.24, 2.45) is 11.8 Å². The fourth-order valence-corrected chi connectivity index (χ4v) is 3.98. The van der Waals surface area contributed by atoms with Crippen molar-refractivity contribution in [3.8, 4) is 0 Å². The molecule has 28 heavy (non-hydrogen) atoms. The number of likely N-dealkylation sites (tertiary alicyclic amines) is 1. The third-order valence-electron chi connectivity index (χ3n) is 5.82. The van der Waals surface area contributed by atoms with Gasteiger partial charge in [0.1, 0.15) is 13.2 Å². The molecule has 1 saturated carbocycles. The summed E-state index contributed by atoms with van der Waals surface area (Å²) in [6.45, 7) is 5.37. The maximum Gasteiger partial charge on any atom is 0.248 e. The summed E-state index contributed by atoms with van der Waals surface area (Å²) in [5.74, 6) is 1.35. The van der Waals surface area contributed by atoms with E-state index in [2.05, 4.69) is 25.6 Å². The van der Waals surface area contributed by atoms with Crippen LogP contribution in [0.25, 0.3) is 0 Å². The van der Waals surface area contributed by atoms with Gasteiger partial charge in [-0.25, -0.2) is 0 Å². The van der Waals surface area contributed by atoms with E-state index in [4.69, 9.17) is 4.74 Å². The first-order valence-corrected chi connectivity index (χ1v) is 10.2. The highest BCUT2D eigenvalue weighted by molar-refractivity contribution is 5.78. The molecule has 1 N–H and O–H groups in total.